The van der Waals surface area contributed by atoms with E-state index in [1.54, 1.807) is 12.2 Å². The predicted molar refractivity (Wildman–Crippen MR) is 108 cm³/mol. The molecular weight excluding hydrogens is 344 g/mol. The lowest BCUT2D eigenvalue weighted by atomic mass is 10.0. The second-order valence-corrected chi connectivity index (χ2v) is 6.75. The van der Waals surface area contributed by atoms with Gasteiger partial charge in [0.2, 0.25) is 0 Å². The van der Waals surface area contributed by atoms with Gasteiger partial charge in [0.15, 0.2) is 0 Å². The smallest absolute Gasteiger partial charge is 0.303 e. The van der Waals surface area contributed by atoms with Gasteiger partial charge < -0.3 is 20.4 Å². The molecule has 1 aromatic carbocycles. The molecule has 0 bridgehead atoms. The fourth-order valence-corrected chi connectivity index (χ4v) is 2.69. The average molecular weight is 376 g/mol. The Morgan fingerprint density at radius 2 is 1.59 bits per heavy atom. The van der Waals surface area contributed by atoms with E-state index in [-0.39, 0.29) is 12.8 Å². The molecule has 1 aromatic rings. The van der Waals surface area contributed by atoms with Crippen LogP contribution in [0.4, 0.5) is 0 Å². The van der Waals surface area contributed by atoms with E-state index in [9.17, 15) is 20.1 Å². The third-order valence-electron chi connectivity index (χ3n) is 4.36. The van der Waals surface area contributed by atoms with Crippen LogP contribution in [0.25, 0.3) is 12.2 Å². The van der Waals surface area contributed by atoms with Crippen LogP contribution in [0.3, 0.4) is 0 Å². The number of aliphatic carboxylic acids is 1. The number of aliphatic hydroxyl groups is 3. The Balaban J connectivity index is 2.64. The number of carboxylic acids is 1. The topological polar surface area (TPSA) is 98.0 Å². The summed E-state index contributed by atoms with van der Waals surface area (Å²) in [6.45, 7) is 2.13. The molecule has 0 aliphatic heterocycles. The van der Waals surface area contributed by atoms with Gasteiger partial charge in [0.1, 0.15) is 0 Å². The van der Waals surface area contributed by atoms with Gasteiger partial charge >= 0.3 is 5.97 Å². The minimum atomic E-state index is -1.06. The van der Waals surface area contributed by atoms with E-state index in [1.807, 2.05) is 30.3 Å². The maximum atomic E-state index is 10.5. The zero-order chi connectivity index (χ0) is 20.1. The Kier molecular flexibility index (Phi) is 11.3. The molecule has 4 N–H and O–H groups in total. The molecule has 3 atom stereocenters. The first kappa shape index (κ1) is 23.1. The van der Waals surface area contributed by atoms with Crippen molar-refractivity contribution in [1.29, 1.82) is 0 Å². The number of benzene rings is 1. The summed E-state index contributed by atoms with van der Waals surface area (Å²) in [6, 6.07) is 7.59. The van der Waals surface area contributed by atoms with Gasteiger partial charge in [0.05, 0.1) is 18.3 Å². The van der Waals surface area contributed by atoms with Crippen molar-refractivity contribution in [2.45, 2.75) is 70.2 Å². The summed E-state index contributed by atoms with van der Waals surface area (Å²) in [5.74, 6) is -0.912. The average Bonchev–Trinajstić information content (AvgIpc) is 2.64. The fraction of sp³-hybridized carbons (Fsp3) is 0.500. The van der Waals surface area contributed by atoms with Crippen molar-refractivity contribution in [3.63, 3.8) is 0 Å². The maximum absolute atomic E-state index is 10.5. The number of carbonyl (C=O) groups is 1. The lowest BCUT2D eigenvalue weighted by Gasteiger charge is -2.14. The Morgan fingerprint density at radius 1 is 0.963 bits per heavy atom. The predicted octanol–water partition coefficient (Wildman–Crippen LogP) is 3.63. The highest BCUT2D eigenvalue weighted by Gasteiger charge is 2.13. The highest BCUT2D eigenvalue weighted by Crippen LogP contribution is 2.16. The molecule has 0 saturated heterocycles. The van der Waals surface area contributed by atoms with Crippen LogP contribution in [0.5, 0.6) is 0 Å². The van der Waals surface area contributed by atoms with Crippen molar-refractivity contribution in [3.05, 3.63) is 47.5 Å². The molecule has 0 unspecified atom stereocenters. The molecule has 27 heavy (non-hydrogen) atoms. The van der Waals surface area contributed by atoms with Crippen LogP contribution >= 0.6 is 0 Å². The zero-order valence-corrected chi connectivity index (χ0v) is 16.0. The van der Waals surface area contributed by atoms with Gasteiger partial charge in [0, 0.05) is 6.42 Å². The third-order valence-corrected chi connectivity index (χ3v) is 4.36. The van der Waals surface area contributed by atoms with Gasteiger partial charge in [0.25, 0.3) is 0 Å². The third kappa shape index (κ3) is 10.1. The standard InChI is InChI=1S/C22H32O5/c1-2-3-4-10-19(23)15-13-17-8-5-6-9-18(17)14-16-21(25)20(24)11-7-12-22(26)27/h5-6,8-9,13-16,19-21,23-25H,2-4,7,10-12H2,1H3,(H,26,27)/b15-13+,16-14+/t19-,20+,21-/m1/s1. The van der Waals surface area contributed by atoms with Crippen LogP contribution in [0.15, 0.2) is 36.4 Å². The Hall–Kier alpha value is -1.95. The molecule has 0 saturated carbocycles. The molecule has 1 rings (SSSR count). The second-order valence-electron chi connectivity index (χ2n) is 6.75. The number of carboxylic acid groups (broad SMARTS) is 1. The normalized spacial score (nSPS) is 15.3. The first-order valence-corrected chi connectivity index (χ1v) is 9.65. The van der Waals surface area contributed by atoms with Gasteiger partial charge in [-0.1, -0.05) is 74.8 Å². The summed E-state index contributed by atoms with van der Waals surface area (Å²) in [5.41, 5.74) is 1.78. The van der Waals surface area contributed by atoms with Crippen LogP contribution in [0.2, 0.25) is 0 Å². The van der Waals surface area contributed by atoms with Crippen molar-refractivity contribution in [3.8, 4) is 0 Å². The van der Waals surface area contributed by atoms with Crippen molar-refractivity contribution in [2.24, 2.45) is 0 Å². The van der Waals surface area contributed by atoms with E-state index < -0.39 is 24.3 Å². The van der Waals surface area contributed by atoms with E-state index >= 15 is 0 Å². The quantitative estimate of drug-likeness (QED) is 0.394. The molecule has 0 radical (unpaired) electrons. The minimum Gasteiger partial charge on any atom is -0.481 e. The number of aliphatic hydroxyl groups excluding tert-OH is 3. The highest BCUT2D eigenvalue weighted by molar-refractivity contribution is 5.66. The maximum Gasteiger partial charge on any atom is 0.303 e. The monoisotopic (exact) mass is 376 g/mol. The van der Waals surface area contributed by atoms with Crippen molar-refractivity contribution < 1.29 is 25.2 Å². The summed E-state index contributed by atoms with van der Waals surface area (Å²) in [7, 11) is 0. The summed E-state index contributed by atoms with van der Waals surface area (Å²) in [4.78, 5) is 10.5. The number of hydrogen-bond acceptors (Lipinski definition) is 4. The number of hydrogen-bond donors (Lipinski definition) is 4. The van der Waals surface area contributed by atoms with Gasteiger partial charge in [-0.2, -0.15) is 0 Å². The zero-order valence-electron chi connectivity index (χ0n) is 16.0. The minimum absolute atomic E-state index is 0.0261. The molecule has 0 fully saturated rings. The first-order chi connectivity index (χ1) is 12.9. The van der Waals surface area contributed by atoms with Crippen LogP contribution in [-0.4, -0.2) is 44.7 Å². The van der Waals surface area contributed by atoms with Crippen LogP contribution in [0, 0.1) is 0 Å². The van der Waals surface area contributed by atoms with Crippen molar-refractivity contribution in [1.82, 2.24) is 0 Å². The molecular formula is C22H32O5. The summed E-state index contributed by atoms with van der Waals surface area (Å²) in [5, 5.41) is 38.6. The van der Waals surface area contributed by atoms with E-state index in [0.717, 1.165) is 36.8 Å². The first-order valence-electron chi connectivity index (χ1n) is 9.65. The molecule has 5 heteroatoms. The SMILES string of the molecule is CCCCC[C@@H](O)/C=C/c1ccccc1/C=C/[C@@H](O)[C@@H](O)CCCC(=O)O. The number of rotatable bonds is 13. The largest absolute Gasteiger partial charge is 0.481 e. The van der Waals surface area contributed by atoms with Gasteiger partial charge in [-0.15, -0.1) is 0 Å². The van der Waals surface area contributed by atoms with E-state index in [2.05, 4.69) is 6.92 Å². The Bertz CT molecular complexity index is 608. The molecule has 0 heterocycles. The summed E-state index contributed by atoms with van der Waals surface area (Å²) >= 11 is 0. The summed E-state index contributed by atoms with van der Waals surface area (Å²) < 4.78 is 0. The molecule has 0 amide bonds. The van der Waals surface area contributed by atoms with Crippen molar-refractivity contribution in [2.75, 3.05) is 0 Å². The van der Waals surface area contributed by atoms with Crippen LogP contribution in [0.1, 0.15) is 63.0 Å². The van der Waals surface area contributed by atoms with E-state index in [0.29, 0.717) is 6.42 Å². The van der Waals surface area contributed by atoms with E-state index in [4.69, 9.17) is 5.11 Å². The van der Waals surface area contributed by atoms with E-state index in [1.165, 1.54) is 6.08 Å². The Morgan fingerprint density at radius 3 is 2.19 bits per heavy atom. The van der Waals surface area contributed by atoms with Crippen LogP contribution < -0.4 is 0 Å². The molecule has 0 aromatic heterocycles. The molecule has 0 aliphatic rings. The Labute approximate surface area is 161 Å². The van der Waals surface area contributed by atoms with Crippen LogP contribution in [-0.2, 0) is 4.79 Å². The second kappa shape index (κ2) is 13.3. The molecule has 5 nitrogen and oxygen atoms in total. The van der Waals surface area contributed by atoms with Gasteiger partial charge in [-0.25, -0.2) is 0 Å². The van der Waals surface area contributed by atoms with Gasteiger partial charge in [-0.3, -0.25) is 4.79 Å². The summed E-state index contributed by atoms with van der Waals surface area (Å²) in [6.07, 6.45) is 8.83. The highest BCUT2D eigenvalue weighted by atomic mass is 16.4. The lowest BCUT2D eigenvalue weighted by Crippen LogP contribution is -2.23. The van der Waals surface area contributed by atoms with Gasteiger partial charge in [-0.05, 0) is 30.4 Å². The van der Waals surface area contributed by atoms with Crippen molar-refractivity contribution >= 4 is 18.1 Å². The molecule has 150 valence electrons. The number of unbranched alkanes of at least 4 members (excludes halogenated alkanes) is 2. The molecule has 0 aliphatic carbocycles. The molecule has 0 spiro atoms. The fourth-order valence-electron chi connectivity index (χ4n) is 2.69. The lowest BCUT2D eigenvalue weighted by molar-refractivity contribution is -0.137.